The summed E-state index contributed by atoms with van der Waals surface area (Å²) in [7, 11) is 1.57. The van der Waals surface area contributed by atoms with Crippen molar-refractivity contribution in [3.8, 4) is 17.6 Å². The van der Waals surface area contributed by atoms with E-state index in [0.717, 1.165) is 5.69 Å². The molecule has 2 aromatic carbocycles. The van der Waals surface area contributed by atoms with Gasteiger partial charge in [0, 0.05) is 42.9 Å². The number of nitrogens with zero attached hydrogens (tertiary/aromatic N) is 2. The summed E-state index contributed by atoms with van der Waals surface area (Å²) in [6, 6.07) is 16.4. The number of nitriles is 1. The second-order valence-corrected chi connectivity index (χ2v) is 6.73. The van der Waals surface area contributed by atoms with Crippen LogP contribution < -0.4 is 19.7 Å². The van der Waals surface area contributed by atoms with E-state index in [1.165, 1.54) is 0 Å². The van der Waals surface area contributed by atoms with Crippen molar-refractivity contribution >= 4 is 23.2 Å². The number of anilines is 2. The molecule has 3 rings (SSSR count). The van der Waals surface area contributed by atoms with E-state index in [-0.39, 0.29) is 18.2 Å². The zero-order valence-corrected chi connectivity index (χ0v) is 16.3. The van der Waals surface area contributed by atoms with E-state index in [1.54, 1.807) is 42.3 Å². The lowest BCUT2D eigenvalue weighted by molar-refractivity contribution is -0.122. The Morgan fingerprint density at radius 1 is 1.24 bits per heavy atom. The van der Waals surface area contributed by atoms with Crippen LogP contribution in [0.5, 0.6) is 11.5 Å². The third kappa shape index (κ3) is 5.26. The van der Waals surface area contributed by atoms with Crippen LogP contribution in [0.2, 0.25) is 0 Å². The Labute approximate surface area is 169 Å². The smallest absolute Gasteiger partial charge is 0.229 e. The molecule has 0 spiro atoms. The largest absolute Gasteiger partial charge is 0.497 e. The van der Waals surface area contributed by atoms with Crippen LogP contribution in [-0.4, -0.2) is 32.1 Å². The molecule has 2 amide bonds. The third-order valence-electron chi connectivity index (χ3n) is 4.66. The number of hydrogen-bond acceptors (Lipinski definition) is 5. The maximum absolute atomic E-state index is 12.7. The number of carbonyl (C=O) groups excluding carboxylic acids is 2. The fraction of sp³-hybridized carbons (Fsp3) is 0.318. The summed E-state index contributed by atoms with van der Waals surface area (Å²) in [6.07, 6.45) is 1.25. The van der Waals surface area contributed by atoms with Gasteiger partial charge < -0.3 is 19.7 Å². The molecule has 0 aromatic heterocycles. The van der Waals surface area contributed by atoms with Gasteiger partial charge in [0.1, 0.15) is 11.5 Å². The highest BCUT2D eigenvalue weighted by atomic mass is 16.5. The maximum atomic E-state index is 12.7. The van der Waals surface area contributed by atoms with Crippen LogP contribution in [0, 0.1) is 17.2 Å². The lowest BCUT2D eigenvalue weighted by Gasteiger charge is -2.17. The van der Waals surface area contributed by atoms with Crippen LogP contribution in [0.15, 0.2) is 48.5 Å². The fourth-order valence-electron chi connectivity index (χ4n) is 3.16. The lowest BCUT2D eigenvalue weighted by atomic mass is 10.1. The standard InChI is InChI=1S/C22H23N3O4/c1-28-19-8-5-7-18(14-19)25-15-16(12-21(25)26)22(27)24-17-6-4-9-20(13-17)29-11-3-2-10-23/h4-9,13-14,16H,2-3,11-12,15H2,1H3,(H,24,27). The molecule has 1 saturated heterocycles. The van der Waals surface area contributed by atoms with Crippen molar-refractivity contribution in [2.24, 2.45) is 5.92 Å². The molecule has 1 atom stereocenters. The zero-order chi connectivity index (χ0) is 20.6. The zero-order valence-electron chi connectivity index (χ0n) is 16.3. The van der Waals surface area contributed by atoms with Gasteiger partial charge in [-0.3, -0.25) is 9.59 Å². The van der Waals surface area contributed by atoms with Crippen molar-refractivity contribution in [1.29, 1.82) is 5.26 Å². The van der Waals surface area contributed by atoms with E-state index in [2.05, 4.69) is 11.4 Å². The monoisotopic (exact) mass is 393 g/mol. The van der Waals surface area contributed by atoms with Gasteiger partial charge in [-0.2, -0.15) is 5.26 Å². The Morgan fingerprint density at radius 3 is 2.83 bits per heavy atom. The third-order valence-corrected chi connectivity index (χ3v) is 4.66. The Morgan fingerprint density at radius 2 is 2.03 bits per heavy atom. The molecule has 1 unspecified atom stereocenters. The number of unbranched alkanes of at least 4 members (excludes halogenated alkanes) is 1. The van der Waals surface area contributed by atoms with Gasteiger partial charge in [-0.1, -0.05) is 12.1 Å². The number of rotatable bonds is 8. The van der Waals surface area contributed by atoms with E-state index in [0.29, 0.717) is 43.2 Å². The second-order valence-electron chi connectivity index (χ2n) is 6.73. The first-order chi connectivity index (χ1) is 14.1. The average Bonchev–Trinajstić information content (AvgIpc) is 3.13. The van der Waals surface area contributed by atoms with Crippen LogP contribution in [-0.2, 0) is 9.59 Å². The lowest BCUT2D eigenvalue weighted by Crippen LogP contribution is -2.28. The van der Waals surface area contributed by atoms with Gasteiger partial charge in [0.25, 0.3) is 0 Å². The van der Waals surface area contributed by atoms with E-state index in [9.17, 15) is 9.59 Å². The summed E-state index contributed by atoms with van der Waals surface area (Å²) >= 11 is 0. The van der Waals surface area contributed by atoms with E-state index in [4.69, 9.17) is 14.7 Å². The Balaban J connectivity index is 1.60. The predicted octanol–water partition coefficient (Wildman–Crippen LogP) is 3.37. The number of nitrogens with one attached hydrogen (secondary N) is 1. The highest BCUT2D eigenvalue weighted by molar-refractivity contribution is 6.03. The maximum Gasteiger partial charge on any atom is 0.229 e. The van der Waals surface area contributed by atoms with Gasteiger partial charge in [-0.25, -0.2) is 0 Å². The number of benzene rings is 2. The Bertz CT molecular complexity index is 922. The molecule has 150 valence electrons. The van der Waals surface area contributed by atoms with Crippen molar-refractivity contribution < 1.29 is 19.1 Å². The van der Waals surface area contributed by atoms with E-state index < -0.39 is 5.92 Å². The Hall–Kier alpha value is -3.53. The molecule has 1 fully saturated rings. The molecular formula is C22H23N3O4. The molecular weight excluding hydrogens is 370 g/mol. The van der Waals surface area contributed by atoms with E-state index >= 15 is 0 Å². The number of carbonyl (C=O) groups is 2. The van der Waals surface area contributed by atoms with Crippen molar-refractivity contribution in [3.63, 3.8) is 0 Å². The number of amides is 2. The quantitative estimate of drug-likeness (QED) is 0.694. The summed E-state index contributed by atoms with van der Waals surface area (Å²) in [6.45, 7) is 0.764. The molecule has 1 heterocycles. The highest BCUT2D eigenvalue weighted by Gasteiger charge is 2.35. The first-order valence-electron chi connectivity index (χ1n) is 9.46. The summed E-state index contributed by atoms with van der Waals surface area (Å²) < 4.78 is 10.8. The minimum Gasteiger partial charge on any atom is -0.497 e. The second kappa shape index (κ2) is 9.60. The summed E-state index contributed by atoms with van der Waals surface area (Å²) in [5, 5.41) is 11.4. The van der Waals surface area contributed by atoms with Crippen molar-refractivity contribution in [2.75, 3.05) is 30.5 Å². The highest BCUT2D eigenvalue weighted by Crippen LogP contribution is 2.29. The van der Waals surface area contributed by atoms with E-state index in [1.807, 2.05) is 18.2 Å². The molecule has 29 heavy (non-hydrogen) atoms. The van der Waals surface area contributed by atoms with Gasteiger partial charge in [0.2, 0.25) is 11.8 Å². The van der Waals surface area contributed by atoms with Gasteiger partial charge in [-0.15, -0.1) is 0 Å². The van der Waals surface area contributed by atoms with Gasteiger partial charge >= 0.3 is 0 Å². The molecule has 1 aliphatic heterocycles. The van der Waals surface area contributed by atoms with Crippen molar-refractivity contribution in [2.45, 2.75) is 19.3 Å². The normalized spacial score (nSPS) is 15.7. The van der Waals surface area contributed by atoms with Crippen LogP contribution in [0.1, 0.15) is 19.3 Å². The molecule has 1 N–H and O–H groups in total. The molecule has 7 nitrogen and oxygen atoms in total. The topological polar surface area (TPSA) is 91.7 Å². The van der Waals surface area contributed by atoms with Crippen molar-refractivity contribution in [3.05, 3.63) is 48.5 Å². The Kier molecular flexibility index (Phi) is 6.69. The van der Waals surface area contributed by atoms with Gasteiger partial charge in [0.15, 0.2) is 0 Å². The molecule has 2 aromatic rings. The predicted molar refractivity (Wildman–Crippen MR) is 109 cm³/mol. The molecule has 0 aliphatic carbocycles. The van der Waals surface area contributed by atoms with Crippen LogP contribution in [0.4, 0.5) is 11.4 Å². The minimum absolute atomic E-state index is 0.0898. The minimum atomic E-state index is -0.436. The van der Waals surface area contributed by atoms with Crippen LogP contribution in [0.25, 0.3) is 0 Å². The first kappa shape index (κ1) is 20.2. The molecule has 0 radical (unpaired) electrons. The molecule has 0 saturated carbocycles. The number of methoxy groups -OCH3 is 1. The van der Waals surface area contributed by atoms with Gasteiger partial charge in [0.05, 0.1) is 25.7 Å². The molecule has 7 heteroatoms. The average molecular weight is 393 g/mol. The van der Waals surface area contributed by atoms with Crippen LogP contribution in [0.3, 0.4) is 0 Å². The van der Waals surface area contributed by atoms with Gasteiger partial charge in [-0.05, 0) is 30.7 Å². The molecule has 1 aliphatic rings. The van der Waals surface area contributed by atoms with Crippen LogP contribution >= 0.6 is 0 Å². The van der Waals surface area contributed by atoms with Crippen molar-refractivity contribution in [1.82, 2.24) is 0 Å². The summed E-state index contributed by atoms with van der Waals surface area (Å²) in [5.74, 6) is 0.559. The first-order valence-corrected chi connectivity index (χ1v) is 9.46. The SMILES string of the molecule is COc1cccc(N2CC(C(=O)Nc3cccc(OCCCC#N)c3)CC2=O)c1. The number of hydrogen-bond donors (Lipinski definition) is 1. The summed E-state index contributed by atoms with van der Waals surface area (Å²) in [5.41, 5.74) is 1.33. The fourth-order valence-corrected chi connectivity index (χ4v) is 3.16. The molecule has 0 bridgehead atoms. The summed E-state index contributed by atoms with van der Waals surface area (Å²) in [4.78, 5) is 26.7. The number of ether oxygens (including phenoxy) is 2.